The summed E-state index contributed by atoms with van der Waals surface area (Å²) in [6.45, 7) is 1.50. The van der Waals surface area contributed by atoms with Crippen molar-refractivity contribution in [2.45, 2.75) is 50.2 Å². The second-order valence-corrected chi connectivity index (χ2v) is 9.30. The normalized spacial score (nSPS) is 20.3. The molecule has 1 aliphatic rings. The molecule has 4 atom stereocenters. The third kappa shape index (κ3) is 6.78. The SMILES string of the molecule is C[C@H](NC(=O)Cc1cc(F)cc(F)c1)C(=O)N[C@@H]1C(=O)N[C@H](c2ccccc2)CC[C@@H]1c1ccccc1. The second-order valence-electron chi connectivity index (χ2n) is 9.30. The summed E-state index contributed by atoms with van der Waals surface area (Å²) in [4.78, 5) is 38.9. The summed E-state index contributed by atoms with van der Waals surface area (Å²) in [7, 11) is 0. The van der Waals surface area contributed by atoms with Gasteiger partial charge in [-0.25, -0.2) is 8.78 Å². The van der Waals surface area contributed by atoms with Crippen molar-refractivity contribution < 1.29 is 23.2 Å². The minimum absolute atomic E-state index is 0.154. The predicted molar refractivity (Wildman–Crippen MR) is 135 cm³/mol. The molecule has 3 aromatic rings. The molecule has 0 unspecified atom stereocenters. The van der Waals surface area contributed by atoms with Gasteiger partial charge >= 0.3 is 0 Å². The third-order valence-corrected chi connectivity index (χ3v) is 6.55. The van der Waals surface area contributed by atoms with E-state index in [2.05, 4.69) is 16.0 Å². The second kappa shape index (κ2) is 11.8. The summed E-state index contributed by atoms with van der Waals surface area (Å²) in [5.74, 6) is -3.23. The molecule has 192 valence electrons. The van der Waals surface area contributed by atoms with E-state index in [0.29, 0.717) is 12.8 Å². The van der Waals surface area contributed by atoms with Gasteiger partial charge in [0.05, 0.1) is 12.5 Å². The van der Waals surface area contributed by atoms with E-state index in [1.807, 2.05) is 60.7 Å². The van der Waals surface area contributed by atoms with E-state index in [-0.39, 0.29) is 29.9 Å². The molecule has 8 heteroatoms. The topological polar surface area (TPSA) is 87.3 Å². The van der Waals surface area contributed by atoms with E-state index < -0.39 is 35.5 Å². The average Bonchev–Trinajstić information content (AvgIpc) is 3.03. The molecular weight excluding hydrogens is 476 g/mol. The first-order chi connectivity index (χ1) is 17.8. The van der Waals surface area contributed by atoms with Gasteiger partial charge in [0.25, 0.3) is 0 Å². The Bertz CT molecular complexity index is 1230. The summed E-state index contributed by atoms with van der Waals surface area (Å²) >= 11 is 0. The number of benzene rings is 3. The lowest BCUT2D eigenvalue weighted by Crippen LogP contribution is -2.54. The predicted octanol–water partition coefficient (Wildman–Crippen LogP) is 3.93. The zero-order chi connectivity index (χ0) is 26.4. The van der Waals surface area contributed by atoms with Crippen LogP contribution in [0.5, 0.6) is 0 Å². The minimum Gasteiger partial charge on any atom is -0.347 e. The van der Waals surface area contributed by atoms with Crippen LogP contribution in [0.3, 0.4) is 0 Å². The fourth-order valence-corrected chi connectivity index (χ4v) is 4.72. The van der Waals surface area contributed by atoms with Crippen LogP contribution in [-0.4, -0.2) is 29.8 Å². The van der Waals surface area contributed by atoms with Gasteiger partial charge in [-0.1, -0.05) is 60.7 Å². The van der Waals surface area contributed by atoms with E-state index in [1.54, 1.807) is 0 Å². The molecule has 3 N–H and O–H groups in total. The van der Waals surface area contributed by atoms with Gasteiger partial charge in [0, 0.05) is 12.0 Å². The number of rotatable bonds is 7. The molecule has 1 aliphatic heterocycles. The molecule has 37 heavy (non-hydrogen) atoms. The Balaban J connectivity index is 1.47. The first-order valence-electron chi connectivity index (χ1n) is 12.2. The Morgan fingerprint density at radius 2 is 1.51 bits per heavy atom. The Hall–Kier alpha value is -4.07. The highest BCUT2D eigenvalue weighted by atomic mass is 19.1. The van der Waals surface area contributed by atoms with Gasteiger partial charge in [0.2, 0.25) is 17.7 Å². The lowest BCUT2D eigenvalue weighted by Gasteiger charge is -2.26. The quantitative estimate of drug-likeness (QED) is 0.455. The van der Waals surface area contributed by atoms with Crippen LogP contribution in [0.1, 0.15) is 48.4 Å². The Morgan fingerprint density at radius 1 is 0.919 bits per heavy atom. The minimum atomic E-state index is -0.969. The van der Waals surface area contributed by atoms with Gasteiger partial charge < -0.3 is 16.0 Å². The molecule has 1 fully saturated rings. The van der Waals surface area contributed by atoms with Crippen LogP contribution in [0.2, 0.25) is 0 Å². The monoisotopic (exact) mass is 505 g/mol. The van der Waals surface area contributed by atoms with Gasteiger partial charge in [0.1, 0.15) is 23.7 Å². The van der Waals surface area contributed by atoms with Crippen molar-refractivity contribution in [2.24, 2.45) is 0 Å². The fourth-order valence-electron chi connectivity index (χ4n) is 4.72. The van der Waals surface area contributed by atoms with Gasteiger partial charge in [-0.15, -0.1) is 0 Å². The molecular formula is C29H29F2N3O3. The number of halogens is 2. The Morgan fingerprint density at radius 3 is 2.14 bits per heavy atom. The molecule has 3 aromatic carbocycles. The van der Waals surface area contributed by atoms with Crippen LogP contribution < -0.4 is 16.0 Å². The van der Waals surface area contributed by atoms with E-state index in [1.165, 1.54) is 6.92 Å². The van der Waals surface area contributed by atoms with Crippen LogP contribution in [0.25, 0.3) is 0 Å². The van der Waals surface area contributed by atoms with Crippen molar-refractivity contribution in [2.75, 3.05) is 0 Å². The molecule has 0 saturated carbocycles. The standard InChI is InChI=1S/C29H29F2N3O3/c1-18(32-26(35)16-19-14-22(30)17-23(31)15-19)28(36)34-27-24(20-8-4-2-5-9-20)12-13-25(33-29(27)37)21-10-6-3-7-11-21/h2-11,14-15,17-18,24-25,27H,12-13,16H2,1H3,(H,32,35)(H,33,37)(H,34,36)/t18-,24+,25-,27-/m0/s1. The fraction of sp³-hybridized carbons (Fsp3) is 0.276. The van der Waals surface area contributed by atoms with Crippen LogP contribution >= 0.6 is 0 Å². The maximum Gasteiger partial charge on any atom is 0.243 e. The lowest BCUT2D eigenvalue weighted by molar-refractivity contribution is -0.132. The zero-order valence-corrected chi connectivity index (χ0v) is 20.4. The molecule has 0 bridgehead atoms. The maximum absolute atomic E-state index is 13.4. The van der Waals surface area contributed by atoms with E-state index in [0.717, 1.165) is 29.3 Å². The molecule has 4 rings (SSSR count). The number of hydrogen-bond donors (Lipinski definition) is 3. The summed E-state index contributed by atoms with van der Waals surface area (Å²) in [5.41, 5.74) is 2.08. The molecule has 0 radical (unpaired) electrons. The van der Waals surface area contributed by atoms with Gasteiger partial charge in [0.15, 0.2) is 0 Å². The van der Waals surface area contributed by atoms with E-state index >= 15 is 0 Å². The zero-order valence-electron chi connectivity index (χ0n) is 20.4. The number of nitrogens with one attached hydrogen (secondary N) is 3. The molecule has 6 nitrogen and oxygen atoms in total. The van der Waals surface area contributed by atoms with Crippen LogP contribution in [0.15, 0.2) is 78.9 Å². The molecule has 0 aliphatic carbocycles. The van der Waals surface area contributed by atoms with Crippen molar-refractivity contribution in [3.05, 3.63) is 107 Å². The van der Waals surface area contributed by atoms with Crippen molar-refractivity contribution in [3.63, 3.8) is 0 Å². The molecule has 0 spiro atoms. The number of hydrogen-bond acceptors (Lipinski definition) is 3. The smallest absolute Gasteiger partial charge is 0.243 e. The first kappa shape index (κ1) is 26.0. The Kier molecular flexibility index (Phi) is 8.28. The van der Waals surface area contributed by atoms with Crippen LogP contribution in [0.4, 0.5) is 8.78 Å². The summed E-state index contributed by atoms with van der Waals surface area (Å²) in [6.07, 6.45) is 1.05. The van der Waals surface area contributed by atoms with Crippen molar-refractivity contribution in [1.82, 2.24) is 16.0 Å². The van der Waals surface area contributed by atoms with Gasteiger partial charge in [-0.05, 0) is 48.6 Å². The van der Waals surface area contributed by atoms with Crippen LogP contribution in [-0.2, 0) is 20.8 Å². The summed E-state index contributed by atoms with van der Waals surface area (Å²) < 4.78 is 26.9. The number of carbonyl (C=O) groups is 3. The van der Waals surface area contributed by atoms with Crippen molar-refractivity contribution in [1.29, 1.82) is 0 Å². The first-order valence-corrected chi connectivity index (χ1v) is 12.2. The maximum atomic E-state index is 13.4. The molecule has 0 aromatic heterocycles. The van der Waals surface area contributed by atoms with Crippen molar-refractivity contribution in [3.8, 4) is 0 Å². The third-order valence-electron chi connectivity index (χ3n) is 6.55. The number of amides is 3. The van der Waals surface area contributed by atoms with Crippen LogP contribution in [0, 0.1) is 11.6 Å². The molecule has 1 saturated heterocycles. The lowest BCUT2D eigenvalue weighted by atomic mass is 9.86. The molecule has 3 amide bonds. The van der Waals surface area contributed by atoms with Gasteiger partial charge in [-0.2, -0.15) is 0 Å². The largest absolute Gasteiger partial charge is 0.347 e. The van der Waals surface area contributed by atoms with Crippen molar-refractivity contribution >= 4 is 17.7 Å². The summed E-state index contributed by atoms with van der Waals surface area (Å²) in [6, 6.07) is 20.1. The highest BCUT2D eigenvalue weighted by Crippen LogP contribution is 2.33. The average molecular weight is 506 g/mol. The highest BCUT2D eigenvalue weighted by Gasteiger charge is 2.36. The Labute approximate surface area is 214 Å². The molecule has 1 heterocycles. The summed E-state index contributed by atoms with van der Waals surface area (Å²) in [5, 5.41) is 8.44. The van der Waals surface area contributed by atoms with E-state index in [9.17, 15) is 23.2 Å². The highest BCUT2D eigenvalue weighted by molar-refractivity contribution is 5.93. The van der Waals surface area contributed by atoms with E-state index in [4.69, 9.17) is 0 Å². The number of carbonyl (C=O) groups excluding carboxylic acids is 3. The van der Waals surface area contributed by atoms with Gasteiger partial charge in [-0.3, -0.25) is 14.4 Å².